The molecule has 0 unspecified atom stereocenters. The van der Waals surface area contributed by atoms with Gasteiger partial charge in [-0.05, 0) is 0 Å². The van der Waals surface area contributed by atoms with Gasteiger partial charge in [-0.1, -0.05) is 0 Å². The molecule has 1 rings (SSSR count). The summed E-state index contributed by atoms with van der Waals surface area (Å²) in [6, 6.07) is 4.29. The van der Waals surface area contributed by atoms with Crippen LogP contribution in [0.25, 0.3) is 0 Å². The first-order valence-electron chi connectivity index (χ1n) is 3.49. The summed E-state index contributed by atoms with van der Waals surface area (Å²) in [5.74, 6) is 0. The molecule has 1 aromatic rings. The molecule has 0 spiro atoms. The topological polar surface area (TPSA) is 15.8 Å². The van der Waals surface area contributed by atoms with Gasteiger partial charge in [-0.2, -0.15) is 0 Å². The van der Waals surface area contributed by atoms with Gasteiger partial charge in [0.05, 0.1) is 0 Å². The fraction of sp³-hybridized carbons (Fsp3) is 0.500. The fourth-order valence-electron chi connectivity index (χ4n) is 0.812. The van der Waals surface area contributed by atoms with Crippen LogP contribution in [0.3, 0.4) is 0 Å². The van der Waals surface area contributed by atoms with Crippen molar-refractivity contribution in [3.8, 4) is 0 Å². The zero-order chi connectivity index (χ0) is 7.61. The van der Waals surface area contributed by atoms with Crippen LogP contribution in [-0.4, -0.2) is 4.98 Å². The van der Waals surface area contributed by atoms with Crippen LogP contribution >= 0.6 is 0 Å². The van der Waals surface area contributed by atoms with Crippen LogP contribution in [0, 0.1) is 0 Å². The molecule has 0 aliphatic carbocycles. The van der Waals surface area contributed by atoms with Gasteiger partial charge >= 0.3 is 73.8 Å². The summed E-state index contributed by atoms with van der Waals surface area (Å²) in [5, 5.41) is 0. The second kappa shape index (κ2) is 6.24. The Labute approximate surface area is 98.1 Å². The van der Waals surface area contributed by atoms with E-state index in [1.54, 1.807) is 0 Å². The number of aromatic nitrogens is 1. The Kier molecular flexibility index (Phi) is 7.91. The Morgan fingerprint density at radius 1 is 1.25 bits per heavy atom. The molecule has 0 aromatic carbocycles. The molecule has 0 bridgehead atoms. The predicted molar refractivity (Wildman–Crippen MR) is 40.1 cm³/mol. The van der Waals surface area contributed by atoms with Crippen LogP contribution in [0.1, 0.15) is 20.8 Å². The van der Waals surface area contributed by atoms with Gasteiger partial charge in [0, 0.05) is 0 Å². The molecule has 1 heterocycles. The van der Waals surface area contributed by atoms with Crippen molar-refractivity contribution in [3.05, 3.63) is 18.3 Å². The summed E-state index contributed by atoms with van der Waals surface area (Å²) < 4.78 is 2.06. The molecule has 0 radical (unpaired) electrons. The maximum absolute atomic E-state index is 3.27. The number of hydrogen-bond donors (Lipinski definition) is 1. The number of hydrogen-bond acceptors (Lipinski definition) is 0. The summed E-state index contributed by atoms with van der Waals surface area (Å²) >= 11 is -0.358. The van der Waals surface area contributed by atoms with Crippen molar-refractivity contribution < 1.29 is 48.0 Å². The zero-order valence-electron chi connectivity index (χ0n) is 7.49. The van der Waals surface area contributed by atoms with Gasteiger partial charge in [0.1, 0.15) is 0 Å². The Hall–Kier alpha value is 0.743. The molecule has 0 saturated carbocycles. The first-order chi connectivity index (χ1) is 4.58. The minimum atomic E-state index is -0.358. The van der Waals surface area contributed by atoms with E-state index in [4.69, 9.17) is 0 Å². The van der Waals surface area contributed by atoms with E-state index in [-0.39, 0.29) is 48.0 Å². The Morgan fingerprint density at radius 2 is 1.83 bits per heavy atom. The molecule has 1 aromatic heterocycles. The normalized spacial score (nSPS) is 9.25. The first kappa shape index (κ1) is 15.2. The van der Waals surface area contributed by atoms with E-state index < -0.39 is 0 Å². The van der Waals surface area contributed by atoms with E-state index in [2.05, 4.69) is 37.9 Å². The molecule has 0 saturated heterocycles. The molecule has 0 aliphatic heterocycles. The number of halogens is 2. The van der Waals surface area contributed by atoms with E-state index in [1.807, 2.05) is 6.20 Å². The molecular formula is C8H13Cl2NZr. The largest absolute Gasteiger partial charge is 1.00 e. The molecule has 68 valence electrons. The summed E-state index contributed by atoms with van der Waals surface area (Å²) in [5.41, 5.74) is 0. The molecule has 0 fully saturated rings. The Morgan fingerprint density at radius 3 is 2.17 bits per heavy atom. The van der Waals surface area contributed by atoms with Crippen molar-refractivity contribution in [2.45, 2.75) is 23.9 Å². The van der Waals surface area contributed by atoms with E-state index in [9.17, 15) is 0 Å². The molecule has 4 heteroatoms. The molecule has 0 aliphatic rings. The Balaban J connectivity index is 0. The number of rotatable bonds is 1. The predicted octanol–water partition coefficient (Wildman–Crippen LogP) is -4.05. The summed E-state index contributed by atoms with van der Waals surface area (Å²) in [6.45, 7) is 6.96. The van der Waals surface area contributed by atoms with E-state index in [1.165, 1.54) is 3.40 Å². The van der Waals surface area contributed by atoms with Gasteiger partial charge in [-0.3, -0.25) is 0 Å². The summed E-state index contributed by atoms with van der Waals surface area (Å²) in [4.78, 5) is 3.27. The first-order valence-corrected chi connectivity index (χ1v) is 5.95. The summed E-state index contributed by atoms with van der Waals surface area (Å²) in [6.07, 6.45) is 2.02. The van der Waals surface area contributed by atoms with Crippen molar-refractivity contribution in [3.63, 3.8) is 0 Å². The third-order valence-electron chi connectivity index (χ3n) is 1.11. The van der Waals surface area contributed by atoms with Crippen LogP contribution in [0.4, 0.5) is 0 Å². The number of aromatic amines is 1. The van der Waals surface area contributed by atoms with Crippen LogP contribution in [0.2, 0.25) is 3.12 Å². The average molecular weight is 285 g/mol. The standard InChI is InChI=1S/C4H4N.C4H9.2ClH.Zr/c1-2-4-5-3-1;1-4(2)3;;;/h1-3,5H;1-3H3;2*1H;/q;;;;+2/p-2. The van der Waals surface area contributed by atoms with Gasteiger partial charge in [0.2, 0.25) is 0 Å². The number of H-pyrrole nitrogens is 1. The monoisotopic (exact) mass is 283 g/mol. The molecule has 0 amide bonds. The zero-order valence-corrected chi connectivity index (χ0v) is 11.5. The van der Waals surface area contributed by atoms with Gasteiger partial charge in [-0.15, -0.1) is 0 Å². The Bertz CT molecular complexity index is 191. The van der Waals surface area contributed by atoms with Crippen molar-refractivity contribution in [2.24, 2.45) is 0 Å². The van der Waals surface area contributed by atoms with Crippen molar-refractivity contribution in [1.29, 1.82) is 0 Å². The maximum atomic E-state index is 3.27. The van der Waals surface area contributed by atoms with Gasteiger partial charge in [0.15, 0.2) is 0 Å². The van der Waals surface area contributed by atoms with Gasteiger partial charge in [-0.25, -0.2) is 0 Å². The SMILES string of the molecule is C[C](C)(C)[Zr+2][c]1ccc[nH]1.[Cl-].[Cl-]. The molecule has 1 nitrogen and oxygen atoms in total. The van der Waals surface area contributed by atoms with Crippen molar-refractivity contribution in [2.75, 3.05) is 0 Å². The molecule has 1 N–H and O–H groups in total. The van der Waals surface area contributed by atoms with E-state index in [0.29, 0.717) is 3.12 Å². The molecular weight excluding hydrogens is 272 g/mol. The quantitative estimate of drug-likeness (QED) is 0.541. The minimum absolute atomic E-state index is 0. The van der Waals surface area contributed by atoms with Crippen LogP contribution < -0.4 is 28.2 Å². The smallest absolute Gasteiger partial charge is 1.00 e. The maximum Gasteiger partial charge on any atom is -1.00 e. The molecule has 0 atom stereocenters. The second-order valence-electron chi connectivity index (χ2n) is 3.46. The van der Waals surface area contributed by atoms with Gasteiger partial charge in [0.25, 0.3) is 0 Å². The number of nitrogens with one attached hydrogen (secondary N) is 1. The fourth-order valence-corrected chi connectivity index (χ4v) is 3.62. The molecule has 12 heavy (non-hydrogen) atoms. The van der Waals surface area contributed by atoms with Crippen molar-refractivity contribution >= 4 is 3.40 Å². The van der Waals surface area contributed by atoms with Crippen LogP contribution in [0.15, 0.2) is 18.3 Å². The third kappa shape index (κ3) is 6.28. The third-order valence-corrected chi connectivity index (χ3v) is 4.38. The average Bonchev–Trinajstić information content (AvgIpc) is 2.12. The minimum Gasteiger partial charge on any atom is -1.00 e. The van der Waals surface area contributed by atoms with Crippen LogP contribution in [-0.2, 0) is 23.2 Å². The van der Waals surface area contributed by atoms with Crippen molar-refractivity contribution in [1.82, 2.24) is 4.98 Å². The second-order valence-corrected chi connectivity index (χ2v) is 9.08. The van der Waals surface area contributed by atoms with E-state index >= 15 is 0 Å². The van der Waals surface area contributed by atoms with Gasteiger partial charge < -0.3 is 24.8 Å². The summed E-state index contributed by atoms with van der Waals surface area (Å²) in [7, 11) is 0. The van der Waals surface area contributed by atoms with Crippen LogP contribution in [0.5, 0.6) is 0 Å². The van der Waals surface area contributed by atoms with E-state index in [0.717, 1.165) is 0 Å².